The highest BCUT2D eigenvalue weighted by atomic mass is 32.2. The Hall–Kier alpha value is -1.73. The molecule has 3 aliphatic rings. The Morgan fingerprint density at radius 1 is 1.21 bits per heavy atom. The molecule has 0 amide bonds. The minimum atomic E-state index is -3.51. The average Bonchev–Trinajstić information content (AvgIpc) is 3.41. The number of nitrogens with zero attached hydrogens (tertiary/aromatic N) is 3. The summed E-state index contributed by atoms with van der Waals surface area (Å²) >= 11 is 0. The van der Waals surface area contributed by atoms with E-state index >= 15 is 0 Å². The molecule has 0 radical (unpaired) electrons. The molecule has 1 aromatic heterocycles. The largest absolute Gasteiger partial charge is 0.339 e. The number of aromatic nitrogens is 2. The first-order valence-electron chi connectivity index (χ1n) is 10.5. The molecule has 0 N–H and O–H groups in total. The van der Waals surface area contributed by atoms with E-state index in [-0.39, 0.29) is 11.3 Å². The fourth-order valence-corrected chi connectivity index (χ4v) is 7.02. The number of hydrogen-bond donors (Lipinski definition) is 0. The zero-order chi connectivity index (χ0) is 19.4. The molecular formula is C21H27N3O3S. The molecule has 1 aromatic carbocycles. The highest BCUT2D eigenvalue weighted by Gasteiger charge is 2.56. The van der Waals surface area contributed by atoms with Gasteiger partial charge in [-0.15, -0.1) is 0 Å². The van der Waals surface area contributed by atoms with Crippen LogP contribution < -0.4 is 0 Å². The number of fused-ring (bicyclic) bond motifs is 2. The summed E-state index contributed by atoms with van der Waals surface area (Å²) in [6.45, 7) is 3.00. The molecule has 1 saturated carbocycles. The van der Waals surface area contributed by atoms with Gasteiger partial charge in [0.2, 0.25) is 15.9 Å². The summed E-state index contributed by atoms with van der Waals surface area (Å²) in [5, 5.41) is 4.24. The van der Waals surface area contributed by atoms with Crippen molar-refractivity contribution < 1.29 is 12.9 Å². The second-order valence-electron chi connectivity index (χ2n) is 8.55. The van der Waals surface area contributed by atoms with Crippen LogP contribution in [0.15, 0.2) is 27.6 Å². The van der Waals surface area contributed by atoms with Gasteiger partial charge in [0, 0.05) is 19.5 Å². The fourth-order valence-electron chi connectivity index (χ4n) is 5.41. The van der Waals surface area contributed by atoms with E-state index in [1.54, 1.807) is 10.4 Å². The van der Waals surface area contributed by atoms with Gasteiger partial charge in [0.25, 0.3) is 0 Å². The van der Waals surface area contributed by atoms with Crippen LogP contribution in [0.1, 0.15) is 61.9 Å². The third kappa shape index (κ3) is 2.74. The second-order valence-corrected chi connectivity index (χ2v) is 10.5. The summed E-state index contributed by atoms with van der Waals surface area (Å²) in [7, 11) is -3.51. The SMILES string of the molecule is CCc1nc([C@@]23CCC[C@@H]2CN(S(=O)(=O)c2ccc4c(c2)CCCC4)C3)no1. The van der Waals surface area contributed by atoms with Crippen LogP contribution in [0.2, 0.25) is 0 Å². The van der Waals surface area contributed by atoms with Crippen LogP contribution in [-0.2, 0) is 34.7 Å². The van der Waals surface area contributed by atoms with E-state index < -0.39 is 10.0 Å². The van der Waals surface area contributed by atoms with Gasteiger partial charge in [-0.25, -0.2) is 8.42 Å². The van der Waals surface area contributed by atoms with Crippen molar-refractivity contribution in [3.05, 3.63) is 41.0 Å². The molecule has 28 heavy (non-hydrogen) atoms. The van der Waals surface area contributed by atoms with Crippen LogP contribution in [0.3, 0.4) is 0 Å². The Bertz CT molecular complexity index is 1000. The van der Waals surface area contributed by atoms with E-state index in [1.165, 1.54) is 17.5 Å². The van der Waals surface area contributed by atoms with E-state index in [9.17, 15) is 8.42 Å². The van der Waals surface area contributed by atoms with Crippen molar-refractivity contribution in [1.82, 2.24) is 14.4 Å². The molecule has 2 atom stereocenters. The molecule has 6 nitrogen and oxygen atoms in total. The molecule has 7 heteroatoms. The Balaban J connectivity index is 1.47. The summed E-state index contributed by atoms with van der Waals surface area (Å²) in [6, 6.07) is 5.72. The maximum Gasteiger partial charge on any atom is 0.243 e. The normalized spacial score (nSPS) is 27.7. The molecule has 0 spiro atoms. The van der Waals surface area contributed by atoms with Crippen LogP contribution in [0.25, 0.3) is 0 Å². The Morgan fingerprint density at radius 3 is 2.82 bits per heavy atom. The van der Waals surface area contributed by atoms with E-state index in [0.29, 0.717) is 36.1 Å². The quantitative estimate of drug-likeness (QED) is 0.786. The molecule has 0 unspecified atom stereocenters. The predicted molar refractivity (Wildman–Crippen MR) is 105 cm³/mol. The Labute approximate surface area is 166 Å². The Kier molecular flexibility index (Phi) is 4.36. The zero-order valence-electron chi connectivity index (χ0n) is 16.4. The van der Waals surface area contributed by atoms with Gasteiger partial charge in [-0.05, 0) is 67.7 Å². The van der Waals surface area contributed by atoms with Crippen LogP contribution in [0.4, 0.5) is 0 Å². The highest BCUT2D eigenvalue weighted by molar-refractivity contribution is 7.89. The molecule has 2 heterocycles. The number of hydrogen-bond acceptors (Lipinski definition) is 5. The van der Waals surface area contributed by atoms with E-state index in [0.717, 1.165) is 38.5 Å². The minimum Gasteiger partial charge on any atom is -0.339 e. The monoisotopic (exact) mass is 401 g/mol. The number of sulfonamides is 1. The summed E-state index contributed by atoms with van der Waals surface area (Å²) < 4.78 is 33.9. The molecular weight excluding hydrogens is 374 g/mol. The lowest BCUT2D eigenvalue weighted by Crippen LogP contribution is -2.35. The van der Waals surface area contributed by atoms with Crippen LogP contribution >= 0.6 is 0 Å². The smallest absolute Gasteiger partial charge is 0.243 e. The Morgan fingerprint density at radius 2 is 2.04 bits per heavy atom. The molecule has 1 saturated heterocycles. The molecule has 2 aromatic rings. The highest BCUT2D eigenvalue weighted by Crippen LogP contribution is 2.50. The molecule has 2 aliphatic carbocycles. The van der Waals surface area contributed by atoms with Crippen LogP contribution in [0, 0.1) is 5.92 Å². The summed E-state index contributed by atoms with van der Waals surface area (Å²) in [6.07, 6.45) is 8.11. The van der Waals surface area contributed by atoms with Crippen molar-refractivity contribution in [3.63, 3.8) is 0 Å². The summed E-state index contributed by atoms with van der Waals surface area (Å²) in [5.74, 6) is 1.60. The van der Waals surface area contributed by atoms with Gasteiger partial charge >= 0.3 is 0 Å². The van der Waals surface area contributed by atoms with Crippen molar-refractivity contribution in [1.29, 1.82) is 0 Å². The zero-order valence-corrected chi connectivity index (χ0v) is 17.2. The van der Waals surface area contributed by atoms with E-state index in [2.05, 4.69) is 10.1 Å². The number of benzene rings is 1. The van der Waals surface area contributed by atoms with E-state index in [1.807, 2.05) is 19.1 Å². The average molecular weight is 402 g/mol. The van der Waals surface area contributed by atoms with Gasteiger partial charge in [-0.3, -0.25) is 0 Å². The molecule has 5 rings (SSSR count). The third-order valence-corrected chi connectivity index (χ3v) is 8.82. The van der Waals surface area contributed by atoms with Gasteiger partial charge in [0.1, 0.15) is 0 Å². The van der Waals surface area contributed by atoms with Gasteiger partial charge in [0.05, 0.1) is 10.3 Å². The lowest BCUT2D eigenvalue weighted by atomic mass is 9.80. The fraction of sp³-hybridized carbons (Fsp3) is 0.619. The molecule has 150 valence electrons. The second kappa shape index (κ2) is 6.66. The first kappa shape index (κ1) is 18.3. The topological polar surface area (TPSA) is 76.3 Å². The van der Waals surface area contributed by atoms with E-state index in [4.69, 9.17) is 4.52 Å². The maximum absolute atomic E-state index is 13.4. The minimum absolute atomic E-state index is 0.266. The number of aryl methyl sites for hydroxylation is 3. The standard InChI is InChI=1S/C21H27N3O3S/c1-2-19-22-20(23-27-19)21-11-5-8-17(21)13-24(14-21)28(25,26)18-10-9-15-6-3-4-7-16(15)12-18/h9-10,12,17H,2-8,11,13-14H2,1H3/t17-,21-/m1/s1. The van der Waals surface area contributed by atoms with Crippen LogP contribution in [0.5, 0.6) is 0 Å². The van der Waals surface area contributed by atoms with Crippen molar-refractivity contribution in [2.75, 3.05) is 13.1 Å². The first-order valence-corrected chi connectivity index (χ1v) is 11.9. The van der Waals surface area contributed by atoms with Gasteiger partial charge in [0.15, 0.2) is 5.82 Å². The molecule has 0 bridgehead atoms. The summed E-state index contributed by atoms with van der Waals surface area (Å²) in [5.41, 5.74) is 2.21. The lowest BCUT2D eigenvalue weighted by molar-refractivity contribution is 0.329. The van der Waals surface area contributed by atoms with Gasteiger partial charge < -0.3 is 4.52 Å². The van der Waals surface area contributed by atoms with Crippen molar-refractivity contribution in [3.8, 4) is 0 Å². The third-order valence-electron chi connectivity index (χ3n) is 7.01. The van der Waals surface area contributed by atoms with Crippen molar-refractivity contribution >= 4 is 10.0 Å². The lowest BCUT2D eigenvalue weighted by Gasteiger charge is -2.25. The molecule has 1 aliphatic heterocycles. The van der Waals surface area contributed by atoms with Gasteiger partial charge in [-0.2, -0.15) is 9.29 Å². The van der Waals surface area contributed by atoms with Gasteiger partial charge in [-0.1, -0.05) is 24.6 Å². The predicted octanol–water partition coefficient (Wildman–Crippen LogP) is 3.25. The first-order chi connectivity index (χ1) is 13.5. The van der Waals surface area contributed by atoms with Crippen molar-refractivity contribution in [2.24, 2.45) is 5.92 Å². The maximum atomic E-state index is 13.4. The molecule has 2 fully saturated rings. The van der Waals surface area contributed by atoms with Crippen LogP contribution in [-0.4, -0.2) is 36.0 Å². The summed E-state index contributed by atoms with van der Waals surface area (Å²) in [4.78, 5) is 5.03. The number of rotatable bonds is 4. The van der Waals surface area contributed by atoms with Crippen molar-refractivity contribution in [2.45, 2.75) is 68.6 Å².